The van der Waals surface area contributed by atoms with Gasteiger partial charge in [-0.3, -0.25) is 4.99 Å². The van der Waals surface area contributed by atoms with Gasteiger partial charge in [0.05, 0.1) is 19.3 Å². The van der Waals surface area contributed by atoms with Gasteiger partial charge in [0.25, 0.3) is 0 Å². The molecule has 1 aromatic carbocycles. The van der Waals surface area contributed by atoms with Gasteiger partial charge in [-0.15, -0.1) is 24.0 Å². The lowest BCUT2D eigenvalue weighted by Gasteiger charge is -2.15. The first-order valence-corrected chi connectivity index (χ1v) is 10.0. The van der Waals surface area contributed by atoms with Crippen molar-refractivity contribution in [2.75, 3.05) is 26.9 Å². The molecule has 0 saturated heterocycles. The number of benzene rings is 1. The van der Waals surface area contributed by atoms with Gasteiger partial charge in [-0.2, -0.15) is 0 Å². The van der Waals surface area contributed by atoms with E-state index < -0.39 is 0 Å². The highest BCUT2D eigenvalue weighted by molar-refractivity contribution is 14.0. The molecule has 2 N–H and O–H groups in total. The molecule has 1 aromatic heterocycles. The average molecular weight is 530 g/mol. The van der Waals surface area contributed by atoms with Crippen LogP contribution in [0.3, 0.4) is 0 Å². The van der Waals surface area contributed by atoms with Crippen LogP contribution in [0, 0.1) is 6.92 Å². The SMILES string of the molecule is CCOCCOc1cc(C)ccc1CNC(=NC)NCc1ncc(C(C)(C)C)o1.I. The van der Waals surface area contributed by atoms with Crippen LogP contribution in [0.2, 0.25) is 0 Å². The molecule has 0 unspecified atom stereocenters. The van der Waals surface area contributed by atoms with Gasteiger partial charge < -0.3 is 24.5 Å². The van der Waals surface area contributed by atoms with Gasteiger partial charge in [-0.05, 0) is 25.5 Å². The quantitative estimate of drug-likeness (QED) is 0.219. The molecule has 0 atom stereocenters. The molecule has 0 fully saturated rings. The Morgan fingerprint density at radius 3 is 2.53 bits per heavy atom. The third-order valence-electron chi connectivity index (χ3n) is 4.28. The first-order chi connectivity index (χ1) is 13.8. The lowest BCUT2D eigenvalue weighted by molar-refractivity contribution is 0.110. The lowest BCUT2D eigenvalue weighted by Crippen LogP contribution is -2.36. The topological polar surface area (TPSA) is 80.9 Å². The fourth-order valence-corrected chi connectivity index (χ4v) is 2.59. The predicted octanol–water partition coefficient (Wildman–Crippen LogP) is 4.18. The van der Waals surface area contributed by atoms with Crippen molar-refractivity contribution in [2.24, 2.45) is 4.99 Å². The molecule has 0 saturated carbocycles. The van der Waals surface area contributed by atoms with Crippen LogP contribution in [0.15, 0.2) is 33.8 Å². The number of aromatic nitrogens is 1. The smallest absolute Gasteiger partial charge is 0.213 e. The summed E-state index contributed by atoms with van der Waals surface area (Å²) in [6.07, 6.45) is 1.78. The molecule has 168 valence electrons. The van der Waals surface area contributed by atoms with E-state index in [0.29, 0.717) is 44.8 Å². The zero-order valence-electron chi connectivity index (χ0n) is 18.9. The molecule has 30 heavy (non-hydrogen) atoms. The minimum atomic E-state index is -0.0603. The largest absolute Gasteiger partial charge is 0.491 e. The maximum Gasteiger partial charge on any atom is 0.213 e. The zero-order valence-corrected chi connectivity index (χ0v) is 21.2. The zero-order chi connectivity index (χ0) is 21.3. The van der Waals surface area contributed by atoms with E-state index in [1.54, 1.807) is 13.2 Å². The summed E-state index contributed by atoms with van der Waals surface area (Å²) in [5, 5.41) is 6.55. The second-order valence-corrected chi connectivity index (χ2v) is 7.80. The molecular weight excluding hydrogens is 495 g/mol. The van der Waals surface area contributed by atoms with Crippen molar-refractivity contribution < 1.29 is 13.9 Å². The molecule has 7 nitrogen and oxygen atoms in total. The first-order valence-electron chi connectivity index (χ1n) is 10.0. The molecule has 1 heterocycles. The molecule has 8 heteroatoms. The second kappa shape index (κ2) is 12.8. The van der Waals surface area contributed by atoms with Gasteiger partial charge in [0.15, 0.2) is 5.96 Å². The molecule has 2 aromatic rings. The molecule has 0 radical (unpaired) electrons. The Labute approximate surface area is 197 Å². The van der Waals surface area contributed by atoms with Crippen LogP contribution in [-0.2, 0) is 23.2 Å². The van der Waals surface area contributed by atoms with E-state index in [1.807, 2.05) is 13.0 Å². The van der Waals surface area contributed by atoms with Crippen LogP contribution in [0.1, 0.15) is 50.5 Å². The third kappa shape index (κ3) is 8.51. The van der Waals surface area contributed by atoms with Crippen molar-refractivity contribution in [3.63, 3.8) is 0 Å². The average Bonchev–Trinajstić information content (AvgIpc) is 3.16. The van der Waals surface area contributed by atoms with E-state index in [9.17, 15) is 0 Å². The number of oxazole rings is 1. The third-order valence-corrected chi connectivity index (χ3v) is 4.28. The van der Waals surface area contributed by atoms with Crippen LogP contribution in [0.5, 0.6) is 5.75 Å². The summed E-state index contributed by atoms with van der Waals surface area (Å²) in [4.78, 5) is 8.61. The number of ether oxygens (including phenoxy) is 2. The fraction of sp³-hybridized carbons (Fsp3) is 0.545. The normalized spacial score (nSPS) is 11.7. The number of guanidine groups is 1. The maximum absolute atomic E-state index is 5.90. The second-order valence-electron chi connectivity index (χ2n) is 7.80. The summed E-state index contributed by atoms with van der Waals surface area (Å²) in [6, 6.07) is 6.18. The van der Waals surface area contributed by atoms with Crippen LogP contribution in [0.25, 0.3) is 0 Å². The maximum atomic E-state index is 5.90. The molecule has 0 aliphatic carbocycles. The van der Waals surface area contributed by atoms with Gasteiger partial charge in [-0.1, -0.05) is 32.9 Å². The number of aryl methyl sites for hydroxylation is 1. The first kappa shape index (κ1) is 26.2. The number of nitrogens with zero attached hydrogens (tertiary/aromatic N) is 2. The summed E-state index contributed by atoms with van der Waals surface area (Å²) >= 11 is 0. The Morgan fingerprint density at radius 2 is 1.90 bits per heavy atom. The van der Waals surface area contributed by atoms with Crippen molar-refractivity contribution in [1.29, 1.82) is 0 Å². The summed E-state index contributed by atoms with van der Waals surface area (Å²) in [5.74, 6) is 3.02. The highest BCUT2D eigenvalue weighted by Gasteiger charge is 2.19. The van der Waals surface area contributed by atoms with Crippen molar-refractivity contribution >= 4 is 29.9 Å². The molecule has 0 spiro atoms. The minimum Gasteiger partial charge on any atom is -0.491 e. The number of hydrogen-bond donors (Lipinski definition) is 2. The van der Waals surface area contributed by atoms with Crippen LogP contribution in [-0.4, -0.2) is 37.8 Å². The Bertz CT molecular complexity index is 800. The fourth-order valence-electron chi connectivity index (χ4n) is 2.59. The van der Waals surface area contributed by atoms with E-state index >= 15 is 0 Å². The molecular formula is C22H35IN4O3. The van der Waals surface area contributed by atoms with Crippen molar-refractivity contribution in [3.05, 3.63) is 47.2 Å². The molecule has 0 aliphatic heterocycles. The van der Waals surface area contributed by atoms with E-state index in [-0.39, 0.29) is 29.4 Å². The number of rotatable bonds is 9. The summed E-state index contributed by atoms with van der Waals surface area (Å²) < 4.78 is 17.1. The van der Waals surface area contributed by atoms with Crippen molar-refractivity contribution in [3.8, 4) is 5.75 Å². The highest BCUT2D eigenvalue weighted by Crippen LogP contribution is 2.22. The van der Waals surface area contributed by atoms with Gasteiger partial charge in [0.2, 0.25) is 5.89 Å². The number of hydrogen-bond acceptors (Lipinski definition) is 5. The minimum absolute atomic E-state index is 0. The molecule has 2 rings (SSSR count). The highest BCUT2D eigenvalue weighted by atomic mass is 127. The van der Waals surface area contributed by atoms with Crippen LogP contribution in [0.4, 0.5) is 0 Å². The van der Waals surface area contributed by atoms with E-state index in [0.717, 1.165) is 22.6 Å². The lowest BCUT2D eigenvalue weighted by atomic mass is 9.94. The van der Waals surface area contributed by atoms with E-state index in [2.05, 4.69) is 60.4 Å². The molecule has 0 bridgehead atoms. The number of nitrogens with one attached hydrogen (secondary N) is 2. The molecule has 0 amide bonds. The van der Waals surface area contributed by atoms with E-state index in [1.165, 1.54) is 0 Å². The van der Waals surface area contributed by atoms with Gasteiger partial charge >= 0.3 is 0 Å². The van der Waals surface area contributed by atoms with Gasteiger partial charge in [0, 0.05) is 31.2 Å². The van der Waals surface area contributed by atoms with Crippen LogP contribution >= 0.6 is 24.0 Å². The predicted molar refractivity (Wildman–Crippen MR) is 131 cm³/mol. The van der Waals surface area contributed by atoms with Crippen LogP contribution < -0.4 is 15.4 Å². The summed E-state index contributed by atoms with van der Waals surface area (Å²) in [5.41, 5.74) is 2.15. The Morgan fingerprint density at radius 1 is 1.17 bits per heavy atom. The Kier molecular flexibility index (Phi) is 11.2. The van der Waals surface area contributed by atoms with Gasteiger partial charge in [-0.25, -0.2) is 4.98 Å². The monoisotopic (exact) mass is 530 g/mol. The van der Waals surface area contributed by atoms with Crippen molar-refractivity contribution in [1.82, 2.24) is 15.6 Å². The number of aliphatic imine (C=N–C) groups is 1. The standard InChI is InChI=1S/C22H34N4O3.HI/c1-7-27-10-11-28-18-12-16(2)8-9-17(18)13-25-21(23-6)26-15-20-24-14-19(29-20)22(3,4)5;/h8-9,12,14H,7,10-11,13,15H2,1-6H3,(H2,23,25,26);1H. The van der Waals surface area contributed by atoms with E-state index in [4.69, 9.17) is 13.9 Å². The Balaban J connectivity index is 0.00000450. The molecule has 0 aliphatic rings. The van der Waals surface area contributed by atoms with Gasteiger partial charge in [0.1, 0.15) is 18.1 Å². The summed E-state index contributed by atoms with van der Waals surface area (Å²) in [7, 11) is 1.74. The summed E-state index contributed by atoms with van der Waals surface area (Å²) in [6.45, 7) is 13.2. The van der Waals surface area contributed by atoms with Crippen molar-refractivity contribution in [2.45, 2.75) is 53.1 Å². The Hall–Kier alpha value is -1.81. The number of halogens is 1.